The number of hydrazine groups is 1. The molecule has 3 amide bonds. The van der Waals surface area contributed by atoms with E-state index in [1.54, 1.807) is 18.2 Å². The van der Waals surface area contributed by atoms with E-state index in [1.807, 2.05) is 30.3 Å². The maximum atomic E-state index is 13.6. The van der Waals surface area contributed by atoms with Gasteiger partial charge in [0.1, 0.15) is 18.3 Å². The van der Waals surface area contributed by atoms with Gasteiger partial charge in [-0.15, -0.1) is 0 Å². The molecule has 2 aromatic rings. The smallest absolute Gasteiger partial charge is 0.310 e. The number of aliphatic hydroxyl groups excluding tert-OH is 1. The molecule has 0 aliphatic carbocycles. The van der Waals surface area contributed by atoms with Crippen LogP contribution >= 0.6 is 0 Å². The Morgan fingerprint density at radius 1 is 0.951 bits per heavy atom. The molecule has 0 bridgehead atoms. The van der Waals surface area contributed by atoms with Crippen LogP contribution in [0.2, 0.25) is 0 Å². The standard InChI is InChI=1S/C29H32N4O8/c34-23-14-13-20(30-27(38)25(36)19-10-5-2-6-11-19)28(39)33-22(12-7-15-32(23)33)26(37)31-21-16-24(35)41-29(21)40-17-18-8-3-1-4-9-18/h1-6,8-11,20-22,28-29,39H,7,12-17H2,(H,30,38)(H,31,37)/t20-,21-,22-,28?,29?/m0/s1. The van der Waals surface area contributed by atoms with Crippen molar-refractivity contribution >= 4 is 29.5 Å². The molecule has 3 heterocycles. The summed E-state index contributed by atoms with van der Waals surface area (Å²) in [5.74, 6) is -3.04. The third-order valence-electron chi connectivity index (χ3n) is 7.44. The number of amides is 3. The Hall–Kier alpha value is -4.13. The number of aliphatic hydroxyl groups is 1. The first-order valence-electron chi connectivity index (χ1n) is 13.6. The number of ether oxygens (including phenoxy) is 2. The molecule has 3 aliphatic rings. The molecule has 3 saturated heterocycles. The Labute approximate surface area is 236 Å². The molecule has 12 nitrogen and oxygen atoms in total. The summed E-state index contributed by atoms with van der Waals surface area (Å²) < 4.78 is 11.1. The van der Waals surface area contributed by atoms with E-state index in [1.165, 1.54) is 22.2 Å². The van der Waals surface area contributed by atoms with Gasteiger partial charge in [-0.1, -0.05) is 60.7 Å². The van der Waals surface area contributed by atoms with Crippen LogP contribution in [0.3, 0.4) is 0 Å². The first-order chi connectivity index (χ1) is 19.8. The van der Waals surface area contributed by atoms with Gasteiger partial charge < -0.3 is 25.2 Å². The van der Waals surface area contributed by atoms with Crippen molar-refractivity contribution in [3.8, 4) is 0 Å². The van der Waals surface area contributed by atoms with E-state index in [0.717, 1.165) is 5.56 Å². The molecule has 216 valence electrons. The third kappa shape index (κ3) is 6.45. The third-order valence-corrected chi connectivity index (χ3v) is 7.44. The van der Waals surface area contributed by atoms with Gasteiger partial charge in [0.25, 0.3) is 5.91 Å². The number of fused-ring (bicyclic) bond motifs is 1. The molecule has 5 rings (SSSR count). The van der Waals surface area contributed by atoms with E-state index in [0.29, 0.717) is 12.8 Å². The summed E-state index contributed by atoms with van der Waals surface area (Å²) in [4.78, 5) is 64.0. The topological polar surface area (TPSA) is 155 Å². The first-order valence-corrected chi connectivity index (χ1v) is 13.6. The van der Waals surface area contributed by atoms with Crippen LogP contribution in [0, 0.1) is 0 Å². The number of carbonyl (C=O) groups is 5. The Balaban J connectivity index is 1.28. The second-order valence-electron chi connectivity index (χ2n) is 10.3. The second kappa shape index (κ2) is 12.6. The van der Waals surface area contributed by atoms with Crippen molar-refractivity contribution in [3.05, 3.63) is 71.8 Å². The van der Waals surface area contributed by atoms with Gasteiger partial charge in [0, 0.05) is 18.5 Å². The van der Waals surface area contributed by atoms with Gasteiger partial charge in [0.05, 0.1) is 19.1 Å². The van der Waals surface area contributed by atoms with Crippen molar-refractivity contribution in [2.75, 3.05) is 6.54 Å². The van der Waals surface area contributed by atoms with Crippen LogP contribution in [0.4, 0.5) is 0 Å². The highest BCUT2D eigenvalue weighted by Gasteiger charge is 2.47. The minimum atomic E-state index is -1.46. The van der Waals surface area contributed by atoms with Crippen molar-refractivity contribution < 1.29 is 38.6 Å². The molecular weight excluding hydrogens is 532 g/mol. The molecule has 12 heteroatoms. The van der Waals surface area contributed by atoms with Crippen molar-refractivity contribution in [1.82, 2.24) is 20.7 Å². The highest BCUT2D eigenvalue weighted by atomic mass is 16.7. The van der Waals surface area contributed by atoms with Crippen molar-refractivity contribution in [1.29, 1.82) is 0 Å². The molecule has 2 aromatic carbocycles. The maximum absolute atomic E-state index is 13.6. The summed E-state index contributed by atoms with van der Waals surface area (Å²) in [6.07, 6.45) is -1.65. The number of hydrogen-bond donors (Lipinski definition) is 3. The lowest BCUT2D eigenvalue weighted by atomic mass is 10.0. The molecule has 0 saturated carbocycles. The summed E-state index contributed by atoms with van der Waals surface area (Å²) in [6, 6.07) is 14.6. The van der Waals surface area contributed by atoms with Gasteiger partial charge in [-0.25, -0.2) is 0 Å². The minimum Gasteiger partial charge on any atom is -0.433 e. The van der Waals surface area contributed by atoms with E-state index in [2.05, 4.69) is 10.6 Å². The fourth-order valence-electron chi connectivity index (χ4n) is 5.36. The summed E-state index contributed by atoms with van der Waals surface area (Å²) in [5, 5.41) is 19.4. The van der Waals surface area contributed by atoms with E-state index in [4.69, 9.17) is 9.47 Å². The van der Waals surface area contributed by atoms with E-state index in [9.17, 15) is 29.1 Å². The van der Waals surface area contributed by atoms with Crippen LogP contribution in [0.25, 0.3) is 0 Å². The normalized spacial score (nSPS) is 26.5. The zero-order valence-corrected chi connectivity index (χ0v) is 22.3. The van der Waals surface area contributed by atoms with Crippen LogP contribution in [0.5, 0.6) is 0 Å². The van der Waals surface area contributed by atoms with E-state index >= 15 is 0 Å². The van der Waals surface area contributed by atoms with Gasteiger partial charge in [-0.3, -0.25) is 29.0 Å². The second-order valence-corrected chi connectivity index (χ2v) is 10.3. The monoisotopic (exact) mass is 564 g/mol. The number of Topliss-reactive ketones (excluding diaryl/α,β-unsaturated/α-hetero) is 1. The van der Waals surface area contributed by atoms with Gasteiger partial charge in [0.15, 0.2) is 0 Å². The Morgan fingerprint density at radius 2 is 1.66 bits per heavy atom. The number of cyclic esters (lactones) is 1. The lowest BCUT2D eigenvalue weighted by molar-refractivity contribution is -0.198. The molecule has 3 aliphatic heterocycles. The van der Waals surface area contributed by atoms with Crippen LogP contribution in [-0.2, 0) is 35.3 Å². The lowest BCUT2D eigenvalue weighted by Gasteiger charge is -2.45. The zero-order valence-electron chi connectivity index (χ0n) is 22.3. The molecule has 2 unspecified atom stereocenters. The summed E-state index contributed by atoms with van der Waals surface area (Å²) in [5.41, 5.74) is 1.06. The number of nitrogens with one attached hydrogen (secondary N) is 2. The molecule has 0 aromatic heterocycles. The fraction of sp³-hybridized carbons (Fsp3) is 0.414. The average molecular weight is 565 g/mol. The number of rotatable bonds is 8. The number of hydrogen-bond acceptors (Lipinski definition) is 9. The Morgan fingerprint density at radius 3 is 2.39 bits per heavy atom. The molecule has 0 spiro atoms. The van der Waals surface area contributed by atoms with Crippen LogP contribution in [-0.4, -0.2) is 81.8 Å². The Bertz CT molecular complexity index is 1290. The molecular formula is C29H32N4O8. The van der Waals surface area contributed by atoms with Gasteiger partial charge in [-0.2, -0.15) is 5.01 Å². The van der Waals surface area contributed by atoms with Crippen LogP contribution < -0.4 is 10.6 Å². The first kappa shape index (κ1) is 28.4. The van der Waals surface area contributed by atoms with E-state index in [-0.39, 0.29) is 43.9 Å². The van der Waals surface area contributed by atoms with Crippen LogP contribution in [0.15, 0.2) is 60.7 Å². The lowest BCUT2D eigenvalue weighted by Crippen LogP contribution is -2.66. The number of carbonyl (C=O) groups excluding carboxylic acids is 5. The van der Waals surface area contributed by atoms with Gasteiger partial charge >= 0.3 is 5.97 Å². The Kier molecular flexibility index (Phi) is 8.72. The predicted octanol–water partition coefficient (Wildman–Crippen LogP) is 0.649. The summed E-state index contributed by atoms with van der Waals surface area (Å²) in [7, 11) is 0. The highest BCUT2D eigenvalue weighted by molar-refractivity contribution is 6.42. The zero-order chi connectivity index (χ0) is 28.9. The number of esters is 1. The molecule has 41 heavy (non-hydrogen) atoms. The van der Waals surface area contributed by atoms with Gasteiger partial charge in [0.2, 0.25) is 23.9 Å². The molecule has 3 fully saturated rings. The quantitative estimate of drug-likeness (QED) is 0.238. The number of ketones is 1. The maximum Gasteiger partial charge on any atom is 0.310 e. The van der Waals surface area contributed by atoms with Gasteiger partial charge in [-0.05, 0) is 24.8 Å². The number of benzene rings is 2. The van der Waals surface area contributed by atoms with Crippen molar-refractivity contribution in [2.45, 2.75) is 69.4 Å². The van der Waals surface area contributed by atoms with Crippen molar-refractivity contribution in [2.24, 2.45) is 0 Å². The largest absolute Gasteiger partial charge is 0.433 e. The molecule has 5 atom stereocenters. The molecule has 3 N–H and O–H groups in total. The predicted molar refractivity (Wildman–Crippen MR) is 142 cm³/mol. The summed E-state index contributed by atoms with van der Waals surface area (Å²) >= 11 is 0. The molecule has 0 radical (unpaired) electrons. The summed E-state index contributed by atoms with van der Waals surface area (Å²) in [6.45, 7) is 0.460. The van der Waals surface area contributed by atoms with Crippen LogP contribution in [0.1, 0.15) is 48.0 Å². The fourth-order valence-corrected chi connectivity index (χ4v) is 5.36. The highest BCUT2D eigenvalue weighted by Crippen LogP contribution is 2.28. The number of nitrogens with zero attached hydrogens (tertiary/aromatic N) is 2. The van der Waals surface area contributed by atoms with Crippen molar-refractivity contribution in [3.63, 3.8) is 0 Å². The SMILES string of the molecule is O=C1C[C@H](NC(=O)[C@@H]2CCCN3C(=O)CC[C@H](NC(=O)C(=O)c4ccccc4)C(O)N23)C(OCc2ccccc2)O1. The minimum absolute atomic E-state index is 0.00669. The average Bonchev–Trinajstić information content (AvgIpc) is 3.30. The van der Waals surface area contributed by atoms with E-state index < -0.39 is 54.2 Å².